The third-order valence-electron chi connectivity index (χ3n) is 4.28. The van der Waals surface area contributed by atoms with Gasteiger partial charge in [0.05, 0.1) is 24.6 Å². The molecule has 1 aliphatic rings. The molecule has 2 heterocycles. The molecule has 0 amide bonds. The molecule has 134 valence electrons. The van der Waals surface area contributed by atoms with Crippen molar-refractivity contribution in [3.63, 3.8) is 0 Å². The summed E-state index contributed by atoms with van der Waals surface area (Å²) >= 11 is 0. The molecule has 0 aliphatic carbocycles. The van der Waals surface area contributed by atoms with Crippen molar-refractivity contribution < 1.29 is 9.66 Å². The number of piperazine rings is 1. The number of non-ortho nitro benzene ring substituents is 1. The Bertz CT molecular complexity index is 695. The van der Waals surface area contributed by atoms with Gasteiger partial charge in [-0.25, -0.2) is 4.68 Å². The molecule has 10 nitrogen and oxygen atoms in total. The molecule has 0 saturated carbocycles. The predicted octanol–water partition coefficient (Wildman–Crippen LogP) is 0.550. The molecule has 1 aliphatic heterocycles. The van der Waals surface area contributed by atoms with Crippen LogP contribution in [-0.4, -0.2) is 69.9 Å². The van der Waals surface area contributed by atoms with Crippen molar-refractivity contribution in [1.29, 1.82) is 0 Å². The smallest absolute Gasteiger partial charge is 0.269 e. The highest BCUT2D eigenvalue weighted by atomic mass is 16.6. The minimum absolute atomic E-state index is 0.116. The maximum absolute atomic E-state index is 10.7. The summed E-state index contributed by atoms with van der Waals surface area (Å²) in [5, 5.41) is 22.6. The maximum Gasteiger partial charge on any atom is 0.269 e. The highest BCUT2D eigenvalue weighted by Crippen LogP contribution is 2.20. The Balaban J connectivity index is 1.53. The van der Waals surface area contributed by atoms with Gasteiger partial charge >= 0.3 is 0 Å². The van der Waals surface area contributed by atoms with Gasteiger partial charge in [0, 0.05) is 51.1 Å². The SMILES string of the molecule is COCCn1nnnc1CN1CCN(c2ccc([N+](=O)[O-])cc2)CC1. The van der Waals surface area contributed by atoms with Crippen LogP contribution in [0, 0.1) is 10.1 Å². The monoisotopic (exact) mass is 347 g/mol. The van der Waals surface area contributed by atoms with Crippen LogP contribution in [0.15, 0.2) is 24.3 Å². The summed E-state index contributed by atoms with van der Waals surface area (Å²) in [6.45, 7) is 5.40. The van der Waals surface area contributed by atoms with Crippen LogP contribution in [0.1, 0.15) is 5.82 Å². The largest absolute Gasteiger partial charge is 0.383 e. The van der Waals surface area contributed by atoms with E-state index in [0.717, 1.165) is 37.7 Å². The molecule has 10 heteroatoms. The molecular formula is C15H21N7O3. The van der Waals surface area contributed by atoms with Crippen molar-refractivity contribution >= 4 is 11.4 Å². The van der Waals surface area contributed by atoms with E-state index >= 15 is 0 Å². The van der Waals surface area contributed by atoms with Crippen LogP contribution in [0.3, 0.4) is 0 Å². The molecule has 0 atom stereocenters. The van der Waals surface area contributed by atoms with Crippen molar-refractivity contribution in [3.8, 4) is 0 Å². The van der Waals surface area contributed by atoms with Gasteiger partial charge in [-0.15, -0.1) is 5.10 Å². The quantitative estimate of drug-likeness (QED) is 0.528. The Labute approximate surface area is 145 Å². The van der Waals surface area contributed by atoms with Gasteiger partial charge in [-0.05, 0) is 22.6 Å². The summed E-state index contributed by atoms with van der Waals surface area (Å²) in [6.07, 6.45) is 0. The van der Waals surface area contributed by atoms with E-state index < -0.39 is 0 Å². The molecule has 2 aromatic rings. The Hall–Kier alpha value is -2.59. The molecule has 0 unspecified atom stereocenters. The number of methoxy groups -OCH3 is 1. The van der Waals surface area contributed by atoms with Crippen molar-refractivity contribution in [2.45, 2.75) is 13.1 Å². The zero-order chi connectivity index (χ0) is 17.6. The fourth-order valence-electron chi connectivity index (χ4n) is 2.84. The Morgan fingerprint density at radius 1 is 1.20 bits per heavy atom. The average molecular weight is 347 g/mol. The zero-order valence-corrected chi connectivity index (χ0v) is 14.1. The molecule has 1 aromatic carbocycles. The van der Waals surface area contributed by atoms with Gasteiger partial charge in [0.25, 0.3) is 5.69 Å². The predicted molar refractivity (Wildman–Crippen MR) is 90.3 cm³/mol. The number of hydrogen-bond acceptors (Lipinski definition) is 8. The first kappa shape index (κ1) is 17.2. The average Bonchev–Trinajstić information content (AvgIpc) is 3.07. The topological polar surface area (TPSA) is 102 Å². The Morgan fingerprint density at radius 3 is 2.56 bits per heavy atom. The van der Waals surface area contributed by atoms with Crippen LogP contribution in [-0.2, 0) is 17.8 Å². The Kier molecular flexibility index (Phi) is 5.51. The number of nitro groups is 1. The molecule has 0 N–H and O–H groups in total. The Morgan fingerprint density at radius 2 is 1.92 bits per heavy atom. The molecule has 0 bridgehead atoms. The van der Waals surface area contributed by atoms with Crippen LogP contribution >= 0.6 is 0 Å². The lowest BCUT2D eigenvalue weighted by molar-refractivity contribution is -0.384. The number of ether oxygens (including phenoxy) is 1. The van der Waals surface area contributed by atoms with E-state index in [-0.39, 0.29) is 10.6 Å². The van der Waals surface area contributed by atoms with Crippen LogP contribution in [0.25, 0.3) is 0 Å². The van der Waals surface area contributed by atoms with E-state index in [1.54, 1.807) is 36.1 Å². The van der Waals surface area contributed by atoms with Crippen LogP contribution in [0.5, 0.6) is 0 Å². The van der Waals surface area contributed by atoms with Gasteiger partial charge in [-0.2, -0.15) is 0 Å². The second kappa shape index (κ2) is 7.99. The highest BCUT2D eigenvalue weighted by molar-refractivity contribution is 5.51. The van der Waals surface area contributed by atoms with E-state index in [9.17, 15) is 10.1 Å². The number of aromatic nitrogens is 4. The van der Waals surface area contributed by atoms with Crippen LogP contribution < -0.4 is 4.90 Å². The van der Waals surface area contributed by atoms with E-state index in [4.69, 9.17) is 4.74 Å². The van der Waals surface area contributed by atoms with Gasteiger partial charge in [-0.3, -0.25) is 15.0 Å². The van der Waals surface area contributed by atoms with Crippen LogP contribution in [0.4, 0.5) is 11.4 Å². The van der Waals surface area contributed by atoms with Gasteiger partial charge in [0.2, 0.25) is 0 Å². The fraction of sp³-hybridized carbons (Fsp3) is 0.533. The second-order valence-corrected chi connectivity index (χ2v) is 5.85. The molecule has 1 aromatic heterocycles. The molecule has 0 spiro atoms. The minimum atomic E-state index is -0.379. The number of rotatable bonds is 7. The fourth-order valence-corrected chi connectivity index (χ4v) is 2.84. The van der Waals surface area contributed by atoms with E-state index in [0.29, 0.717) is 19.7 Å². The number of benzene rings is 1. The van der Waals surface area contributed by atoms with Crippen molar-refractivity contribution in [3.05, 3.63) is 40.2 Å². The highest BCUT2D eigenvalue weighted by Gasteiger charge is 2.20. The molecule has 1 fully saturated rings. The second-order valence-electron chi connectivity index (χ2n) is 5.85. The summed E-state index contributed by atoms with van der Waals surface area (Å²) in [5.41, 5.74) is 1.13. The van der Waals surface area contributed by atoms with E-state index in [2.05, 4.69) is 25.3 Å². The first-order valence-electron chi connectivity index (χ1n) is 8.13. The van der Waals surface area contributed by atoms with Crippen molar-refractivity contribution in [2.24, 2.45) is 0 Å². The lowest BCUT2D eigenvalue weighted by Gasteiger charge is -2.35. The number of anilines is 1. The maximum atomic E-state index is 10.7. The molecule has 1 saturated heterocycles. The van der Waals surface area contributed by atoms with Crippen LogP contribution in [0.2, 0.25) is 0 Å². The van der Waals surface area contributed by atoms with Crippen molar-refractivity contribution in [2.75, 3.05) is 44.8 Å². The van der Waals surface area contributed by atoms with Gasteiger partial charge in [0.15, 0.2) is 5.82 Å². The van der Waals surface area contributed by atoms with Gasteiger partial charge in [-0.1, -0.05) is 0 Å². The summed E-state index contributed by atoms with van der Waals surface area (Å²) in [5.74, 6) is 0.834. The third kappa shape index (κ3) is 4.28. The number of nitro benzene ring substituents is 1. The zero-order valence-electron chi connectivity index (χ0n) is 14.1. The number of nitrogens with zero attached hydrogens (tertiary/aromatic N) is 7. The third-order valence-corrected chi connectivity index (χ3v) is 4.28. The standard InChI is InChI=1S/C15H21N7O3/c1-25-11-10-21-15(16-17-18-21)12-19-6-8-20(9-7-19)13-2-4-14(5-3-13)22(23)24/h2-5H,6-12H2,1H3. The normalized spacial score (nSPS) is 15.5. The molecular weight excluding hydrogens is 326 g/mol. The first-order valence-corrected chi connectivity index (χ1v) is 8.13. The van der Waals surface area contributed by atoms with Crippen molar-refractivity contribution in [1.82, 2.24) is 25.1 Å². The van der Waals surface area contributed by atoms with E-state index in [1.165, 1.54) is 0 Å². The first-order chi connectivity index (χ1) is 12.2. The molecule has 0 radical (unpaired) electrons. The summed E-state index contributed by atoms with van der Waals surface area (Å²) < 4.78 is 6.84. The number of hydrogen-bond donors (Lipinski definition) is 0. The summed E-state index contributed by atoms with van der Waals surface area (Å²) in [4.78, 5) is 14.9. The number of tetrazole rings is 1. The minimum Gasteiger partial charge on any atom is -0.383 e. The lowest BCUT2D eigenvalue weighted by atomic mass is 10.2. The molecule has 25 heavy (non-hydrogen) atoms. The molecule has 3 rings (SSSR count). The van der Waals surface area contributed by atoms with Gasteiger partial charge < -0.3 is 9.64 Å². The lowest BCUT2D eigenvalue weighted by Crippen LogP contribution is -2.46. The van der Waals surface area contributed by atoms with Gasteiger partial charge in [0.1, 0.15) is 0 Å². The summed E-state index contributed by atoms with van der Waals surface area (Å²) in [7, 11) is 1.65. The van der Waals surface area contributed by atoms with E-state index in [1.807, 2.05) is 0 Å². The summed E-state index contributed by atoms with van der Waals surface area (Å²) in [6, 6.07) is 6.70.